The number of hydrogen-bond donors (Lipinski definition) is 2. The van der Waals surface area contributed by atoms with E-state index in [4.69, 9.17) is 4.74 Å². The van der Waals surface area contributed by atoms with Crippen molar-refractivity contribution in [1.82, 2.24) is 10.6 Å². The molecular formula is C23H25FN2O4. The maximum Gasteiger partial charge on any atom is 0.328 e. The number of halogens is 1. The summed E-state index contributed by atoms with van der Waals surface area (Å²) in [6.45, 7) is 5.40. The molecule has 6 nitrogen and oxygen atoms in total. The molecule has 0 spiro atoms. The molecule has 7 heteroatoms. The van der Waals surface area contributed by atoms with Gasteiger partial charge < -0.3 is 15.4 Å². The van der Waals surface area contributed by atoms with E-state index in [2.05, 4.69) is 10.6 Å². The topological polar surface area (TPSA) is 84.5 Å². The average molecular weight is 412 g/mol. The molecule has 158 valence electrons. The summed E-state index contributed by atoms with van der Waals surface area (Å²) in [5.74, 6) is -2.36. The fraction of sp³-hybridized carbons (Fsp3) is 0.261. The smallest absolute Gasteiger partial charge is 0.328 e. The van der Waals surface area contributed by atoms with Crippen LogP contribution in [0, 0.1) is 11.7 Å². The summed E-state index contributed by atoms with van der Waals surface area (Å²) >= 11 is 0. The number of carbonyl (C=O) groups is 3. The van der Waals surface area contributed by atoms with Gasteiger partial charge in [0.2, 0.25) is 0 Å². The van der Waals surface area contributed by atoms with Crippen molar-refractivity contribution in [1.29, 1.82) is 0 Å². The van der Waals surface area contributed by atoms with Gasteiger partial charge >= 0.3 is 5.97 Å². The minimum absolute atomic E-state index is 0.0783. The Kier molecular flexibility index (Phi) is 8.29. The molecule has 0 radical (unpaired) electrons. The van der Waals surface area contributed by atoms with Gasteiger partial charge in [-0.15, -0.1) is 0 Å². The quantitative estimate of drug-likeness (QED) is 0.515. The first-order valence-electron chi connectivity index (χ1n) is 9.63. The summed E-state index contributed by atoms with van der Waals surface area (Å²) in [5, 5.41) is 5.19. The van der Waals surface area contributed by atoms with E-state index in [1.54, 1.807) is 51.1 Å². The molecule has 0 saturated heterocycles. The third kappa shape index (κ3) is 6.55. The molecule has 0 heterocycles. The summed E-state index contributed by atoms with van der Waals surface area (Å²) in [6, 6.07) is 12.9. The molecule has 0 aliphatic heterocycles. The maximum atomic E-state index is 13.2. The van der Waals surface area contributed by atoms with E-state index in [-0.39, 0.29) is 18.2 Å². The van der Waals surface area contributed by atoms with Crippen LogP contribution >= 0.6 is 0 Å². The van der Waals surface area contributed by atoms with Crippen LogP contribution < -0.4 is 10.6 Å². The lowest BCUT2D eigenvalue weighted by Gasteiger charge is -2.21. The largest absolute Gasteiger partial charge is 0.464 e. The molecule has 2 rings (SSSR count). The highest BCUT2D eigenvalue weighted by Gasteiger charge is 2.27. The van der Waals surface area contributed by atoms with Crippen LogP contribution in [0.5, 0.6) is 0 Å². The lowest BCUT2D eigenvalue weighted by molar-refractivity contribution is -0.148. The van der Waals surface area contributed by atoms with Gasteiger partial charge in [-0.3, -0.25) is 9.59 Å². The van der Waals surface area contributed by atoms with E-state index in [0.717, 1.165) is 0 Å². The highest BCUT2D eigenvalue weighted by molar-refractivity contribution is 6.06. The van der Waals surface area contributed by atoms with Crippen molar-refractivity contribution < 1.29 is 23.5 Å². The molecule has 2 aromatic carbocycles. The van der Waals surface area contributed by atoms with E-state index in [0.29, 0.717) is 11.1 Å². The zero-order valence-corrected chi connectivity index (χ0v) is 17.1. The average Bonchev–Trinajstić information content (AvgIpc) is 2.73. The third-order valence-corrected chi connectivity index (χ3v) is 4.20. The van der Waals surface area contributed by atoms with Gasteiger partial charge in [0, 0.05) is 5.56 Å². The molecule has 0 saturated carbocycles. The van der Waals surface area contributed by atoms with Crippen molar-refractivity contribution in [3.8, 4) is 0 Å². The maximum absolute atomic E-state index is 13.2. The predicted molar refractivity (Wildman–Crippen MR) is 112 cm³/mol. The van der Waals surface area contributed by atoms with E-state index < -0.39 is 29.6 Å². The van der Waals surface area contributed by atoms with Gasteiger partial charge in [0.05, 0.1) is 6.61 Å². The fourth-order valence-corrected chi connectivity index (χ4v) is 2.62. The third-order valence-electron chi connectivity index (χ3n) is 4.20. The van der Waals surface area contributed by atoms with Crippen molar-refractivity contribution in [2.45, 2.75) is 26.8 Å². The van der Waals surface area contributed by atoms with Crippen LogP contribution in [0.4, 0.5) is 4.39 Å². The van der Waals surface area contributed by atoms with Crippen LogP contribution in [-0.2, 0) is 14.3 Å². The van der Waals surface area contributed by atoms with Gasteiger partial charge in [-0.05, 0) is 48.7 Å². The van der Waals surface area contributed by atoms with Crippen LogP contribution in [0.3, 0.4) is 0 Å². The molecule has 2 N–H and O–H groups in total. The molecule has 0 aliphatic rings. The van der Waals surface area contributed by atoms with E-state index in [9.17, 15) is 18.8 Å². The number of carbonyl (C=O) groups excluding carboxylic acids is 3. The summed E-state index contributed by atoms with van der Waals surface area (Å²) in [6.07, 6.45) is 1.41. The molecule has 30 heavy (non-hydrogen) atoms. The number of amides is 2. The minimum atomic E-state index is -0.886. The Morgan fingerprint density at radius 2 is 1.67 bits per heavy atom. The molecular weight excluding hydrogens is 387 g/mol. The van der Waals surface area contributed by atoms with Crippen molar-refractivity contribution in [3.63, 3.8) is 0 Å². The Morgan fingerprint density at radius 3 is 2.23 bits per heavy atom. The monoisotopic (exact) mass is 412 g/mol. The second-order valence-electron chi connectivity index (χ2n) is 6.88. The van der Waals surface area contributed by atoms with Crippen LogP contribution in [0.25, 0.3) is 6.08 Å². The SMILES string of the molecule is CCOC(=O)[C@H](NC(=O)/C(=C\c1ccc(F)cc1)NC(=O)c1ccccc1)C(C)C. The minimum Gasteiger partial charge on any atom is -0.464 e. The number of benzene rings is 2. The van der Waals surface area contributed by atoms with E-state index in [1.165, 1.54) is 30.3 Å². The summed E-state index contributed by atoms with van der Waals surface area (Å²) in [7, 11) is 0. The number of nitrogens with one attached hydrogen (secondary N) is 2. The van der Waals surface area contributed by atoms with Crippen LogP contribution in [-0.4, -0.2) is 30.4 Å². The fourth-order valence-electron chi connectivity index (χ4n) is 2.62. The molecule has 1 atom stereocenters. The molecule has 2 amide bonds. The van der Waals surface area contributed by atoms with Crippen molar-refractivity contribution >= 4 is 23.9 Å². The number of rotatable bonds is 8. The Morgan fingerprint density at radius 1 is 1.03 bits per heavy atom. The second-order valence-corrected chi connectivity index (χ2v) is 6.88. The standard InChI is InChI=1S/C23H25FN2O4/c1-4-30-23(29)20(15(2)3)26-22(28)19(14-16-10-12-18(24)13-11-16)25-21(27)17-8-6-5-7-9-17/h5-15,20H,4H2,1-3H3,(H,25,27)(H,26,28)/b19-14+/t20-/m1/s1. The lowest BCUT2D eigenvalue weighted by Crippen LogP contribution is -2.47. The van der Waals surface area contributed by atoms with Crippen LogP contribution in [0.1, 0.15) is 36.7 Å². The van der Waals surface area contributed by atoms with Gasteiger partial charge in [0.25, 0.3) is 11.8 Å². The lowest BCUT2D eigenvalue weighted by atomic mass is 10.0. The van der Waals surface area contributed by atoms with E-state index >= 15 is 0 Å². The number of hydrogen-bond acceptors (Lipinski definition) is 4. The molecule has 0 aliphatic carbocycles. The van der Waals surface area contributed by atoms with Gasteiger partial charge in [0.15, 0.2) is 0 Å². The first-order chi connectivity index (χ1) is 14.3. The van der Waals surface area contributed by atoms with E-state index in [1.807, 2.05) is 0 Å². The van der Waals surface area contributed by atoms with Gasteiger partial charge in [-0.1, -0.05) is 44.2 Å². The highest BCUT2D eigenvalue weighted by Crippen LogP contribution is 2.11. The molecule has 0 unspecified atom stereocenters. The summed E-state index contributed by atoms with van der Waals surface area (Å²) in [4.78, 5) is 37.7. The Balaban J connectivity index is 2.31. The number of ether oxygens (including phenoxy) is 1. The first-order valence-corrected chi connectivity index (χ1v) is 9.63. The van der Waals surface area contributed by atoms with Gasteiger partial charge in [-0.25, -0.2) is 9.18 Å². The molecule has 0 fully saturated rings. The zero-order valence-electron chi connectivity index (χ0n) is 17.1. The first kappa shape index (κ1) is 22.8. The zero-order chi connectivity index (χ0) is 22.1. The highest BCUT2D eigenvalue weighted by atomic mass is 19.1. The summed E-state index contributed by atoms with van der Waals surface area (Å²) in [5.41, 5.74) is 0.790. The Bertz CT molecular complexity index is 909. The van der Waals surface area contributed by atoms with Crippen molar-refractivity contribution in [2.24, 2.45) is 5.92 Å². The van der Waals surface area contributed by atoms with Gasteiger partial charge in [0.1, 0.15) is 17.6 Å². The Labute approximate surface area is 175 Å². The van der Waals surface area contributed by atoms with Crippen molar-refractivity contribution in [2.75, 3.05) is 6.61 Å². The molecule has 2 aromatic rings. The molecule has 0 aromatic heterocycles. The Hall–Kier alpha value is -3.48. The van der Waals surface area contributed by atoms with Crippen LogP contribution in [0.2, 0.25) is 0 Å². The summed E-state index contributed by atoms with van der Waals surface area (Å²) < 4.78 is 18.2. The second kappa shape index (κ2) is 10.9. The van der Waals surface area contributed by atoms with Gasteiger partial charge in [-0.2, -0.15) is 0 Å². The number of esters is 1. The van der Waals surface area contributed by atoms with Crippen molar-refractivity contribution in [3.05, 3.63) is 77.2 Å². The van der Waals surface area contributed by atoms with Crippen LogP contribution in [0.15, 0.2) is 60.3 Å². The normalized spacial score (nSPS) is 12.2. The molecule has 0 bridgehead atoms. The predicted octanol–water partition coefficient (Wildman–Crippen LogP) is 3.30.